The summed E-state index contributed by atoms with van der Waals surface area (Å²) in [6.07, 6.45) is -0.131. The van der Waals surface area contributed by atoms with Crippen molar-refractivity contribution in [3.63, 3.8) is 0 Å². The highest BCUT2D eigenvalue weighted by molar-refractivity contribution is 7.91. The third-order valence-electron chi connectivity index (χ3n) is 2.70. The van der Waals surface area contributed by atoms with Crippen LogP contribution in [0, 0.1) is 5.92 Å². The van der Waals surface area contributed by atoms with Crippen molar-refractivity contribution in [2.75, 3.05) is 11.9 Å². The molecule has 1 atom stereocenters. The Kier molecular flexibility index (Phi) is 5.88. The van der Waals surface area contributed by atoms with Crippen LogP contribution in [-0.2, 0) is 9.84 Å². The van der Waals surface area contributed by atoms with E-state index in [0.717, 1.165) is 6.07 Å². The molecule has 1 aromatic rings. The Morgan fingerprint density at radius 3 is 2.40 bits per heavy atom. The molecular weight excluding hydrogens is 288 g/mol. The molecule has 2 N–H and O–H groups in total. The number of rotatable bonds is 7. The van der Waals surface area contributed by atoms with E-state index in [1.165, 1.54) is 12.1 Å². The Hall–Kier alpha value is -1.21. The van der Waals surface area contributed by atoms with Gasteiger partial charge in [0.25, 0.3) is 0 Å². The molecule has 0 aromatic heterocycles. The molecule has 0 amide bonds. The van der Waals surface area contributed by atoms with Gasteiger partial charge in [0.2, 0.25) is 9.84 Å². The molecule has 0 spiro atoms. The minimum absolute atomic E-state index is 0.0793. The van der Waals surface area contributed by atoms with Gasteiger partial charge in [0.15, 0.2) is 0 Å². The lowest BCUT2D eigenvalue weighted by Gasteiger charge is -2.16. The SMILES string of the molecule is CC(C)CC(O)CNc1ccccc1S(=O)(=O)C(F)F. The van der Waals surface area contributed by atoms with E-state index in [9.17, 15) is 22.3 Å². The average molecular weight is 307 g/mol. The number of hydrogen-bond acceptors (Lipinski definition) is 4. The molecule has 0 bridgehead atoms. The van der Waals surface area contributed by atoms with Crippen molar-refractivity contribution in [2.24, 2.45) is 5.92 Å². The summed E-state index contributed by atoms with van der Waals surface area (Å²) in [6.45, 7) is 3.99. The first kappa shape index (κ1) is 16.8. The maximum absolute atomic E-state index is 12.6. The van der Waals surface area contributed by atoms with Crippen molar-refractivity contribution in [2.45, 2.75) is 37.0 Å². The number of para-hydroxylation sites is 1. The molecule has 0 fully saturated rings. The molecule has 4 nitrogen and oxygen atoms in total. The zero-order valence-corrected chi connectivity index (χ0v) is 12.2. The number of anilines is 1. The zero-order valence-electron chi connectivity index (χ0n) is 11.4. The first-order valence-corrected chi connectivity index (χ1v) is 7.82. The van der Waals surface area contributed by atoms with Gasteiger partial charge in [-0.25, -0.2) is 8.42 Å². The second-order valence-corrected chi connectivity index (χ2v) is 6.85. The Labute approximate surface area is 117 Å². The Balaban J connectivity index is 2.87. The number of aliphatic hydroxyl groups excluding tert-OH is 1. The quantitative estimate of drug-likeness (QED) is 0.812. The monoisotopic (exact) mass is 307 g/mol. The van der Waals surface area contributed by atoms with Crippen LogP contribution in [0.3, 0.4) is 0 Å². The smallest absolute Gasteiger partial charge is 0.341 e. The van der Waals surface area contributed by atoms with E-state index >= 15 is 0 Å². The zero-order chi connectivity index (χ0) is 15.3. The van der Waals surface area contributed by atoms with E-state index in [1.807, 2.05) is 13.8 Å². The summed E-state index contributed by atoms with van der Waals surface area (Å²) in [6, 6.07) is 5.45. The molecule has 0 aliphatic rings. The van der Waals surface area contributed by atoms with Gasteiger partial charge in [-0.05, 0) is 24.5 Å². The molecule has 0 saturated heterocycles. The van der Waals surface area contributed by atoms with Gasteiger partial charge in [-0.2, -0.15) is 8.78 Å². The Morgan fingerprint density at radius 1 is 1.25 bits per heavy atom. The van der Waals surface area contributed by atoms with Gasteiger partial charge in [0.05, 0.1) is 16.7 Å². The number of benzene rings is 1. The number of nitrogens with one attached hydrogen (secondary N) is 1. The molecule has 1 aromatic carbocycles. The van der Waals surface area contributed by atoms with Gasteiger partial charge >= 0.3 is 5.76 Å². The summed E-state index contributed by atoms with van der Waals surface area (Å²) in [5.74, 6) is -3.18. The first-order chi connectivity index (χ1) is 9.25. The maximum Gasteiger partial charge on any atom is 0.341 e. The summed E-state index contributed by atoms with van der Waals surface area (Å²) < 4.78 is 48.2. The second-order valence-electron chi connectivity index (χ2n) is 4.97. The van der Waals surface area contributed by atoms with Gasteiger partial charge in [-0.1, -0.05) is 26.0 Å². The van der Waals surface area contributed by atoms with Crippen molar-refractivity contribution >= 4 is 15.5 Å². The van der Waals surface area contributed by atoms with Crippen LogP contribution < -0.4 is 5.32 Å². The van der Waals surface area contributed by atoms with E-state index in [2.05, 4.69) is 5.32 Å². The molecule has 7 heteroatoms. The summed E-state index contributed by atoms with van der Waals surface area (Å²) in [5, 5.41) is 12.4. The summed E-state index contributed by atoms with van der Waals surface area (Å²) >= 11 is 0. The van der Waals surface area contributed by atoms with Crippen molar-refractivity contribution in [1.82, 2.24) is 0 Å². The van der Waals surface area contributed by atoms with Gasteiger partial charge < -0.3 is 10.4 Å². The van der Waals surface area contributed by atoms with E-state index in [1.54, 1.807) is 6.07 Å². The largest absolute Gasteiger partial charge is 0.391 e. The van der Waals surface area contributed by atoms with Gasteiger partial charge in [0.1, 0.15) is 0 Å². The van der Waals surface area contributed by atoms with Crippen molar-refractivity contribution < 1.29 is 22.3 Å². The topological polar surface area (TPSA) is 66.4 Å². The molecule has 20 heavy (non-hydrogen) atoms. The van der Waals surface area contributed by atoms with Gasteiger partial charge in [-0.3, -0.25) is 0 Å². The molecule has 0 saturated carbocycles. The Morgan fingerprint density at radius 2 is 1.85 bits per heavy atom. The van der Waals surface area contributed by atoms with Crippen LogP contribution in [0.1, 0.15) is 20.3 Å². The molecule has 0 radical (unpaired) electrons. The number of hydrogen-bond donors (Lipinski definition) is 2. The fourth-order valence-corrected chi connectivity index (χ4v) is 2.72. The third-order valence-corrected chi connectivity index (χ3v) is 4.14. The minimum Gasteiger partial charge on any atom is -0.391 e. The van der Waals surface area contributed by atoms with E-state index in [4.69, 9.17) is 0 Å². The molecule has 0 heterocycles. The van der Waals surface area contributed by atoms with Gasteiger partial charge in [0, 0.05) is 6.54 Å². The maximum atomic E-state index is 12.6. The highest BCUT2D eigenvalue weighted by atomic mass is 32.2. The fourth-order valence-electron chi connectivity index (χ4n) is 1.81. The lowest BCUT2D eigenvalue weighted by Crippen LogP contribution is -2.22. The first-order valence-electron chi connectivity index (χ1n) is 6.28. The van der Waals surface area contributed by atoms with Gasteiger partial charge in [-0.15, -0.1) is 0 Å². The average Bonchev–Trinajstić information content (AvgIpc) is 2.35. The lowest BCUT2D eigenvalue weighted by atomic mass is 10.1. The fraction of sp³-hybridized carbons (Fsp3) is 0.538. The summed E-state index contributed by atoms with van der Waals surface area (Å²) in [7, 11) is -4.66. The van der Waals surface area contributed by atoms with Crippen LogP contribution >= 0.6 is 0 Å². The predicted octanol–water partition coefficient (Wildman–Crippen LogP) is 2.50. The molecule has 1 rings (SSSR count). The van der Waals surface area contributed by atoms with Crippen molar-refractivity contribution in [3.8, 4) is 0 Å². The van der Waals surface area contributed by atoms with Crippen LogP contribution in [0.2, 0.25) is 0 Å². The van der Waals surface area contributed by atoms with Crippen LogP contribution in [-0.4, -0.2) is 31.9 Å². The highest BCUT2D eigenvalue weighted by Gasteiger charge is 2.29. The van der Waals surface area contributed by atoms with E-state index in [0.29, 0.717) is 6.42 Å². The number of alkyl halides is 2. The number of sulfone groups is 1. The molecule has 114 valence electrons. The molecule has 1 unspecified atom stereocenters. The lowest BCUT2D eigenvalue weighted by molar-refractivity contribution is 0.161. The van der Waals surface area contributed by atoms with Crippen LogP contribution in [0.4, 0.5) is 14.5 Å². The highest BCUT2D eigenvalue weighted by Crippen LogP contribution is 2.26. The van der Waals surface area contributed by atoms with Crippen LogP contribution in [0.5, 0.6) is 0 Å². The predicted molar refractivity (Wildman–Crippen MR) is 73.6 cm³/mol. The summed E-state index contributed by atoms with van der Waals surface area (Å²) in [5.41, 5.74) is 0.0793. The van der Waals surface area contributed by atoms with E-state index in [-0.39, 0.29) is 18.2 Å². The standard InChI is InChI=1S/C13H19F2NO3S/c1-9(2)7-10(17)8-16-11-5-3-4-6-12(11)20(18,19)13(14)15/h3-6,9-10,13,16-17H,7-8H2,1-2H3. The van der Waals surface area contributed by atoms with E-state index < -0.39 is 26.6 Å². The molecular formula is C13H19F2NO3S. The van der Waals surface area contributed by atoms with Crippen LogP contribution in [0.15, 0.2) is 29.2 Å². The molecule has 0 aliphatic carbocycles. The number of aliphatic hydroxyl groups is 1. The van der Waals surface area contributed by atoms with Crippen LogP contribution in [0.25, 0.3) is 0 Å². The Bertz CT molecular complexity index is 532. The van der Waals surface area contributed by atoms with Crippen molar-refractivity contribution in [1.29, 1.82) is 0 Å². The minimum atomic E-state index is -4.66. The molecule has 0 aliphatic heterocycles. The number of halogens is 2. The second kappa shape index (κ2) is 6.99. The van der Waals surface area contributed by atoms with Crippen molar-refractivity contribution in [3.05, 3.63) is 24.3 Å². The normalized spacial score (nSPS) is 13.8. The third kappa shape index (κ3) is 4.42. The summed E-state index contributed by atoms with van der Waals surface area (Å²) in [4.78, 5) is -0.452.